The summed E-state index contributed by atoms with van der Waals surface area (Å²) in [4.78, 5) is 18.8. The maximum Gasteiger partial charge on any atom is 0.269 e. The first-order valence-corrected chi connectivity index (χ1v) is 9.12. The van der Waals surface area contributed by atoms with Gasteiger partial charge in [0.15, 0.2) is 0 Å². The molecule has 6 heteroatoms. The normalized spacial score (nSPS) is 19.8. The van der Waals surface area contributed by atoms with Crippen LogP contribution in [0.3, 0.4) is 0 Å². The van der Waals surface area contributed by atoms with E-state index in [1.54, 1.807) is 12.3 Å². The summed E-state index contributed by atoms with van der Waals surface area (Å²) in [6.45, 7) is 4.94. The largest absolute Gasteiger partial charge is 0.381 e. The number of aromatic nitrogens is 1. The van der Waals surface area contributed by atoms with E-state index in [0.29, 0.717) is 18.3 Å². The van der Waals surface area contributed by atoms with Crippen molar-refractivity contribution < 1.29 is 9.53 Å². The van der Waals surface area contributed by atoms with Gasteiger partial charge in [-0.1, -0.05) is 19.3 Å². The Morgan fingerprint density at radius 3 is 2.71 bits per heavy atom. The molecule has 1 amide bonds. The first-order chi connectivity index (χ1) is 11.8. The van der Waals surface area contributed by atoms with Crippen molar-refractivity contribution in [3.63, 3.8) is 0 Å². The minimum Gasteiger partial charge on any atom is -0.381 e. The molecule has 2 heterocycles. The smallest absolute Gasteiger partial charge is 0.269 e. The second-order valence-electron chi connectivity index (χ2n) is 6.62. The standard InChI is InChI=1S/C18H28N4O2/c23-18(19-8-9-22-10-12-24-13-11-22)17-7-6-16(14-20-17)21-15-4-2-1-3-5-15/h6-7,14-15,21H,1-5,8-13H2,(H,19,23). The van der Waals surface area contributed by atoms with Gasteiger partial charge in [-0.2, -0.15) is 0 Å². The van der Waals surface area contributed by atoms with Crippen molar-refractivity contribution in [3.8, 4) is 0 Å². The maximum atomic E-state index is 12.2. The molecule has 2 N–H and O–H groups in total. The molecule has 1 aromatic rings. The van der Waals surface area contributed by atoms with E-state index >= 15 is 0 Å². The van der Waals surface area contributed by atoms with Gasteiger partial charge in [0.1, 0.15) is 5.69 Å². The molecule has 2 aliphatic rings. The van der Waals surface area contributed by atoms with E-state index in [1.165, 1.54) is 32.1 Å². The Kier molecular flexibility index (Phi) is 6.43. The molecule has 0 aromatic carbocycles. The topological polar surface area (TPSA) is 66.5 Å². The van der Waals surface area contributed by atoms with Gasteiger partial charge in [0, 0.05) is 32.2 Å². The van der Waals surface area contributed by atoms with Crippen molar-refractivity contribution in [1.82, 2.24) is 15.2 Å². The van der Waals surface area contributed by atoms with E-state index in [-0.39, 0.29) is 5.91 Å². The molecule has 0 spiro atoms. The van der Waals surface area contributed by atoms with Crippen molar-refractivity contribution in [2.75, 3.05) is 44.7 Å². The second kappa shape index (κ2) is 8.99. The number of rotatable bonds is 6. The van der Waals surface area contributed by atoms with Gasteiger partial charge in [-0.3, -0.25) is 9.69 Å². The summed E-state index contributed by atoms with van der Waals surface area (Å²) in [5.41, 5.74) is 1.48. The van der Waals surface area contributed by atoms with Gasteiger partial charge < -0.3 is 15.4 Å². The van der Waals surface area contributed by atoms with Crippen molar-refractivity contribution in [3.05, 3.63) is 24.0 Å². The Hall–Kier alpha value is -1.66. The zero-order valence-corrected chi connectivity index (χ0v) is 14.3. The van der Waals surface area contributed by atoms with Gasteiger partial charge in [-0.05, 0) is 25.0 Å². The highest BCUT2D eigenvalue weighted by molar-refractivity contribution is 5.92. The predicted octanol–water partition coefficient (Wildman–Crippen LogP) is 1.89. The number of ether oxygens (including phenoxy) is 1. The highest BCUT2D eigenvalue weighted by Crippen LogP contribution is 2.21. The molecule has 0 unspecified atom stereocenters. The van der Waals surface area contributed by atoms with E-state index in [1.807, 2.05) is 6.07 Å². The Morgan fingerprint density at radius 2 is 2.00 bits per heavy atom. The van der Waals surface area contributed by atoms with Crippen LogP contribution in [0, 0.1) is 0 Å². The van der Waals surface area contributed by atoms with Crippen LogP contribution in [0.4, 0.5) is 5.69 Å². The average Bonchev–Trinajstić information content (AvgIpc) is 2.64. The zero-order valence-electron chi connectivity index (χ0n) is 14.3. The molecule has 2 fully saturated rings. The van der Waals surface area contributed by atoms with E-state index < -0.39 is 0 Å². The third kappa shape index (κ3) is 5.18. The number of anilines is 1. The lowest BCUT2D eigenvalue weighted by atomic mass is 9.95. The summed E-state index contributed by atoms with van der Waals surface area (Å²) in [5, 5.41) is 6.46. The lowest BCUT2D eigenvalue weighted by Crippen LogP contribution is -2.41. The van der Waals surface area contributed by atoms with Gasteiger partial charge in [-0.15, -0.1) is 0 Å². The fourth-order valence-electron chi connectivity index (χ4n) is 3.34. The van der Waals surface area contributed by atoms with Gasteiger partial charge in [-0.25, -0.2) is 4.98 Å². The molecule has 1 saturated carbocycles. The number of amides is 1. The minimum absolute atomic E-state index is 0.104. The molecule has 0 atom stereocenters. The van der Waals surface area contributed by atoms with Crippen LogP contribution in [0.25, 0.3) is 0 Å². The number of carbonyl (C=O) groups is 1. The second-order valence-corrected chi connectivity index (χ2v) is 6.62. The number of pyridine rings is 1. The first-order valence-electron chi connectivity index (χ1n) is 9.12. The third-order valence-electron chi connectivity index (χ3n) is 4.79. The van der Waals surface area contributed by atoms with Crippen molar-refractivity contribution in [2.45, 2.75) is 38.1 Å². The fourth-order valence-corrected chi connectivity index (χ4v) is 3.34. The molecule has 132 valence electrons. The summed E-state index contributed by atoms with van der Waals surface area (Å²) in [5.74, 6) is -0.104. The number of nitrogens with zero attached hydrogens (tertiary/aromatic N) is 2. The zero-order chi connectivity index (χ0) is 16.6. The Balaban J connectivity index is 1.41. The van der Waals surface area contributed by atoms with Crippen molar-refractivity contribution in [2.24, 2.45) is 0 Å². The molecular weight excluding hydrogens is 304 g/mol. The van der Waals surface area contributed by atoms with Crippen LogP contribution in [0.2, 0.25) is 0 Å². The molecule has 1 aliphatic heterocycles. The summed E-state index contributed by atoms with van der Waals surface area (Å²) < 4.78 is 5.32. The molecule has 0 bridgehead atoms. The van der Waals surface area contributed by atoms with E-state index in [9.17, 15) is 4.79 Å². The monoisotopic (exact) mass is 332 g/mol. The van der Waals surface area contributed by atoms with Crippen LogP contribution >= 0.6 is 0 Å². The third-order valence-corrected chi connectivity index (χ3v) is 4.79. The minimum atomic E-state index is -0.104. The van der Waals surface area contributed by atoms with Gasteiger partial charge >= 0.3 is 0 Å². The van der Waals surface area contributed by atoms with Gasteiger partial charge in [0.05, 0.1) is 25.1 Å². The number of hydrogen-bond donors (Lipinski definition) is 2. The van der Waals surface area contributed by atoms with Crippen LogP contribution in [0.5, 0.6) is 0 Å². The van der Waals surface area contributed by atoms with Crippen molar-refractivity contribution in [1.29, 1.82) is 0 Å². The molecule has 1 saturated heterocycles. The SMILES string of the molecule is O=C(NCCN1CCOCC1)c1ccc(NC2CCCCC2)cn1. The summed E-state index contributed by atoms with van der Waals surface area (Å²) in [6.07, 6.45) is 8.17. The Morgan fingerprint density at radius 1 is 1.21 bits per heavy atom. The summed E-state index contributed by atoms with van der Waals surface area (Å²) in [7, 11) is 0. The maximum absolute atomic E-state index is 12.2. The lowest BCUT2D eigenvalue weighted by molar-refractivity contribution is 0.0383. The molecule has 1 aromatic heterocycles. The summed E-state index contributed by atoms with van der Waals surface area (Å²) in [6, 6.07) is 4.31. The predicted molar refractivity (Wildman–Crippen MR) is 94.3 cm³/mol. The fraction of sp³-hybridized carbons (Fsp3) is 0.667. The van der Waals surface area contributed by atoms with Crippen LogP contribution in [-0.4, -0.2) is 61.2 Å². The van der Waals surface area contributed by atoms with Crippen LogP contribution in [-0.2, 0) is 4.74 Å². The lowest BCUT2D eigenvalue weighted by Gasteiger charge is -2.26. The number of hydrogen-bond acceptors (Lipinski definition) is 5. The van der Waals surface area contributed by atoms with Gasteiger partial charge in [0.2, 0.25) is 0 Å². The number of morpholine rings is 1. The first kappa shape index (κ1) is 17.2. The molecule has 1 aliphatic carbocycles. The highest BCUT2D eigenvalue weighted by Gasteiger charge is 2.14. The Labute approximate surface area is 144 Å². The van der Waals surface area contributed by atoms with Crippen LogP contribution < -0.4 is 10.6 Å². The van der Waals surface area contributed by atoms with E-state index in [0.717, 1.165) is 38.5 Å². The molecule has 0 radical (unpaired) electrons. The Bertz CT molecular complexity index is 508. The van der Waals surface area contributed by atoms with Gasteiger partial charge in [0.25, 0.3) is 5.91 Å². The molecule has 24 heavy (non-hydrogen) atoms. The van der Waals surface area contributed by atoms with Crippen LogP contribution in [0.15, 0.2) is 18.3 Å². The number of carbonyl (C=O) groups excluding carboxylic acids is 1. The molecule has 3 rings (SSSR count). The highest BCUT2D eigenvalue weighted by atomic mass is 16.5. The summed E-state index contributed by atoms with van der Waals surface area (Å²) >= 11 is 0. The van der Waals surface area contributed by atoms with E-state index in [2.05, 4.69) is 20.5 Å². The van der Waals surface area contributed by atoms with Crippen molar-refractivity contribution >= 4 is 11.6 Å². The quantitative estimate of drug-likeness (QED) is 0.833. The van der Waals surface area contributed by atoms with Crippen LogP contribution in [0.1, 0.15) is 42.6 Å². The number of nitrogens with one attached hydrogen (secondary N) is 2. The van der Waals surface area contributed by atoms with E-state index in [4.69, 9.17) is 4.74 Å². The molecule has 6 nitrogen and oxygen atoms in total. The average molecular weight is 332 g/mol. The molecular formula is C18H28N4O2.